The van der Waals surface area contributed by atoms with Crippen molar-refractivity contribution in [2.45, 2.75) is 18.9 Å². The SMILES string of the molecule is CSCCCC(=O)N[C@H](C(=O)O)c1ccccc1. The van der Waals surface area contributed by atoms with Crippen molar-refractivity contribution >= 4 is 23.6 Å². The van der Waals surface area contributed by atoms with Crippen molar-refractivity contribution in [3.8, 4) is 0 Å². The summed E-state index contributed by atoms with van der Waals surface area (Å²) < 4.78 is 0. The molecule has 0 aliphatic heterocycles. The van der Waals surface area contributed by atoms with E-state index in [1.807, 2.05) is 12.3 Å². The van der Waals surface area contributed by atoms with Crippen LogP contribution in [0.4, 0.5) is 0 Å². The number of hydrogen-bond donors (Lipinski definition) is 2. The Morgan fingerprint density at radius 3 is 2.56 bits per heavy atom. The summed E-state index contributed by atoms with van der Waals surface area (Å²) in [6.45, 7) is 0. The zero-order valence-corrected chi connectivity index (χ0v) is 11.1. The van der Waals surface area contributed by atoms with Gasteiger partial charge in [-0.1, -0.05) is 30.3 Å². The highest BCUT2D eigenvalue weighted by Gasteiger charge is 2.21. The van der Waals surface area contributed by atoms with Crippen molar-refractivity contribution in [2.75, 3.05) is 12.0 Å². The summed E-state index contributed by atoms with van der Waals surface area (Å²) in [4.78, 5) is 22.8. The highest BCUT2D eigenvalue weighted by Crippen LogP contribution is 2.13. The fourth-order valence-electron chi connectivity index (χ4n) is 1.54. The maximum absolute atomic E-state index is 11.6. The lowest BCUT2D eigenvalue weighted by Crippen LogP contribution is -2.33. The van der Waals surface area contributed by atoms with Gasteiger partial charge < -0.3 is 10.4 Å². The number of nitrogens with one attached hydrogen (secondary N) is 1. The zero-order chi connectivity index (χ0) is 13.4. The summed E-state index contributed by atoms with van der Waals surface area (Å²) in [7, 11) is 0. The van der Waals surface area contributed by atoms with Gasteiger partial charge in [-0.2, -0.15) is 11.8 Å². The molecule has 0 fully saturated rings. The summed E-state index contributed by atoms with van der Waals surface area (Å²) in [5, 5.41) is 11.7. The summed E-state index contributed by atoms with van der Waals surface area (Å²) in [6, 6.07) is 7.74. The summed E-state index contributed by atoms with van der Waals surface area (Å²) in [6.07, 6.45) is 3.09. The molecule has 4 nitrogen and oxygen atoms in total. The fraction of sp³-hybridized carbons (Fsp3) is 0.385. The number of rotatable bonds is 7. The van der Waals surface area contributed by atoms with E-state index >= 15 is 0 Å². The predicted octanol–water partition coefficient (Wildman–Crippen LogP) is 2.07. The number of amides is 1. The largest absolute Gasteiger partial charge is 0.479 e. The molecule has 0 aromatic heterocycles. The number of carboxylic acid groups (broad SMARTS) is 1. The van der Waals surface area contributed by atoms with Crippen LogP contribution in [0.3, 0.4) is 0 Å². The molecule has 0 bridgehead atoms. The number of carbonyl (C=O) groups is 2. The average Bonchev–Trinajstić information content (AvgIpc) is 2.37. The number of benzene rings is 1. The number of carbonyl (C=O) groups excluding carboxylic acids is 1. The quantitative estimate of drug-likeness (QED) is 0.742. The third-order valence-corrected chi connectivity index (χ3v) is 3.13. The van der Waals surface area contributed by atoms with Crippen LogP contribution in [0.15, 0.2) is 30.3 Å². The van der Waals surface area contributed by atoms with Crippen LogP contribution in [0.5, 0.6) is 0 Å². The van der Waals surface area contributed by atoms with Crippen molar-refractivity contribution in [3.05, 3.63) is 35.9 Å². The van der Waals surface area contributed by atoms with E-state index < -0.39 is 12.0 Å². The van der Waals surface area contributed by atoms with Crippen LogP contribution in [0.2, 0.25) is 0 Å². The lowest BCUT2D eigenvalue weighted by atomic mass is 10.1. The third-order valence-electron chi connectivity index (χ3n) is 2.44. The molecule has 18 heavy (non-hydrogen) atoms. The number of hydrogen-bond acceptors (Lipinski definition) is 3. The van der Waals surface area contributed by atoms with Gasteiger partial charge in [0.1, 0.15) is 0 Å². The maximum atomic E-state index is 11.6. The van der Waals surface area contributed by atoms with Crippen LogP contribution in [0.1, 0.15) is 24.4 Å². The lowest BCUT2D eigenvalue weighted by Gasteiger charge is -2.14. The maximum Gasteiger partial charge on any atom is 0.330 e. The number of aliphatic carboxylic acids is 1. The van der Waals surface area contributed by atoms with Gasteiger partial charge in [-0.3, -0.25) is 4.79 Å². The topological polar surface area (TPSA) is 66.4 Å². The minimum atomic E-state index is -1.04. The van der Waals surface area contributed by atoms with Gasteiger partial charge >= 0.3 is 5.97 Å². The normalized spacial score (nSPS) is 11.8. The lowest BCUT2D eigenvalue weighted by molar-refractivity contribution is -0.142. The van der Waals surface area contributed by atoms with E-state index in [-0.39, 0.29) is 5.91 Å². The van der Waals surface area contributed by atoms with Gasteiger partial charge in [-0.15, -0.1) is 0 Å². The van der Waals surface area contributed by atoms with E-state index in [1.165, 1.54) is 0 Å². The molecule has 1 atom stereocenters. The first-order valence-electron chi connectivity index (χ1n) is 5.71. The van der Waals surface area contributed by atoms with Crippen LogP contribution in [-0.4, -0.2) is 29.0 Å². The monoisotopic (exact) mass is 267 g/mol. The second-order valence-electron chi connectivity index (χ2n) is 3.85. The Kier molecular flexibility index (Phi) is 6.28. The fourth-order valence-corrected chi connectivity index (χ4v) is 1.98. The summed E-state index contributed by atoms with van der Waals surface area (Å²) in [5.74, 6) is -0.365. The molecule has 1 rings (SSSR count). The van der Waals surface area contributed by atoms with Gasteiger partial charge in [0.05, 0.1) is 0 Å². The predicted molar refractivity (Wildman–Crippen MR) is 72.6 cm³/mol. The highest BCUT2D eigenvalue weighted by molar-refractivity contribution is 7.98. The second-order valence-corrected chi connectivity index (χ2v) is 4.83. The van der Waals surface area contributed by atoms with E-state index in [1.54, 1.807) is 36.0 Å². The molecule has 0 aliphatic rings. The molecule has 0 heterocycles. The van der Waals surface area contributed by atoms with Gasteiger partial charge in [-0.25, -0.2) is 4.79 Å². The molecule has 1 aromatic rings. The Morgan fingerprint density at radius 1 is 1.33 bits per heavy atom. The van der Waals surface area contributed by atoms with Gasteiger partial charge in [0.2, 0.25) is 5.91 Å². The Balaban J connectivity index is 2.59. The molecule has 0 aliphatic carbocycles. The van der Waals surface area contributed by atoms with Gasteiger partial charge in [0.15, 0.2) is 6.04 Å². The number of thioether (sulfide) groups is 1. The molecule has 0 saturated heterocycles. The molecule has 1 amide bonds. The molecule has 0 unspecified atom stereocenters. The molecular formula is C13H17NO3S. The van der Waals surface area contributed by atoms with Crippen molar-refractivity contribution in [1.29, 1.82) is 0 Å². The molecular weight excluding hydrogens is 250 g/mol. The van der Waals surface area contributed by atoms with Crippen LogP contribution >= 0.6 is 11.8 Å². The first-order valence-corrected chi connectivity index (χ1v) is 7.10. The van der Waals surface area contributed by atoms with E-state index in [4.69, 9.17) is 5.11 Å². The Bertz CT molecular complexity index is 394. The second kappa shape index (κ2) is 7.76. The van der Waals surface area contributed by atoms with Crippen LogP contribution in [0, 0.1) is 0 Å². The molecule has 0 spiro atoms. The van der Waals surface area contributed by atoms with Crippen molar-refractivity contribution < 1.29 is 14.7 Å². The smallest absolute Gasteiger partial charge is 0.330 e. The molecule has 0 radical (unpaired) electrons. The Hall–Kier alpha value is -1.49. The Labute approximate surface area is 111 Å². The average molecular weight is 267 g/mol. The minimum Gasteiger partial charge on any atom is -0.479 e. The highest BCUT2D eigenvalue weighted by atomic mass is 32.2. The van der Waals surface area contributed by atoms with E-state index in [0.717, 1.165) is 12.2 Å². The number of carboxylic acids is 1. The summed E-state index contributed by atoms with van der Waals surface area (Å²) >= 11 is 1.67. The van der Waals surface area contributed by atoms with Crippen molar-refractivity contribution in [3.63, 3.8) is 0 Å². The first kappa shape index (κ1) is 14.6. The molecule has 1 aromatic carbocycles. The molecule has 98 valence electrons. The van der Waals surface area contributed by atoms with E-state index in [2.05, 4.69) is 5.32 Å². The van der Waals surface area contributed by atoms with Gasteiger partial charge in [-0.05, 0) is 24.0 Å². The van der Waals surface area contributed by atoms with Crippen LogP contribution in [0.25, 0.3) is 0 Å². The van der Waals surface area contributed by atoms with Crippen LogP contribution < -0.4 is 5.32 Å². The third kappa shape index (κ3) is 4.79. The molecule has 2 N–H and O–H groups in total. The molecule has 5 heteroatoms. The minimum absolute atomic E-state index is 0.222. The Morgan fingerprint density at radius 2 is 2.00 bits per heavy atom. The molecule has 0 saturated carbocycles. The van der Waals surface area contributed by atoms with E-state index in [0.29, 0.717) is 12.0 Å². The van der Waals surface area contributed by atoms with Crippen molar-refractivity contribution in [2.24, 2.45) is 0 Å². The van der Waals surface area contributed by atoms with E-state index in [9.17, 15) is 9.59 Å². The first-order chi connectivity index (χ1) is 8.65. The van der Waals surface area contributed by atoms with Crippen molar-refractivity contribution in [1.82, 2.24) is 5.32 Å². The van der Waals surface area contributed by atoms with Gasteiger partial charge in [0, 0.05) is 6.42 Å². The standard InChI is InChI=1S/C13H17NO3S/c1-18-9-5-8-11(15)14-12(13(16)17)10-6-3-2-4-7-10/h2-4,6-7,12H,5,8-9H2,1H3,(H,14,15)(H,16,17)/t12-/m0/s1. The zero-order valence-electron chi connectivity index (χ0n) is 10.3. The van der Waals surface area contributed by atoms with Gasteiger partial charge in [0.25, 0.3) is 0 Å². The van der Waals surface area contributed by atoms with Crippen LogP contribution in [-0.2, 0) is 9.59 Å². The summed E-state index contributed by atoms with van der Waals surface area (Å²) in [5.41, 5.74) is 0.586.